The summed E-state index contributed by atoms with van der Waals surface area (Å²) < 4.78 is 11.6. The van der Waals surface area contributed by atoms with Gasteiger partial charge in [0.2, 0.25) is 0 Å². The van der Waals surface area contributed by atoms with E-state index in [-0.39, 0.29) is 0 Å². The number of ether oxygens (including phenoxy) is 2. The Labute approximate surface area is 167 Å². The Morgan fingerprint density at radius 2 is 1.82 bits per heavy atom. The van der Waals surface area contributed by atoms with Gasteiger partial charge in [-0.05, 0) is 29.8 Å². The second kappa shape index (κ2) is 9.09. The van der Waals surface area contributed by atoms with E-state index in [4.69, 9.17) is 9.47 Å². The summed E-state index contributed by atoms with van der Waals surface area (Å²) in [5, 5.41) is 3.97. The van der Waals surface area contributed by atoms with E-state index >= 15 is 0 Å². The van der Waals surface area contributed by atoms with Crippen LogP contribution in [-0.4, -0.2) is 34.2 Å². The Kier molecular flexibility index (Phi) is 6.33. The van der Waals surface area contributed by atoms with Crippen LogP contribution in [0.1, 0.15) is 13.8 Å². The molecule has 0 fully saturated rings. The number of pyridine rings is 1. The molecule has 0 amide bonds. The Morgan fingerprint density at radius 1 is 0.964 bits per heavy atom. The fourth-order valence-electron chi connectivity index (χ4n) is 2.52. The van der Waals surface area contributed by atoms with Gasteiger partial charge in [0.05, 0.1) is 24.4 Å². The molecule has 0 spiro atoms. The van der Waals surface area contributed by atoms with Gasteiger partial charge in [-0.2, -0.15) is 0 Å². The molecule has 0 unspecified atom stereocenters. The number of aromatic nitrogens is 4. The number of fused-ring (bicyclic) bond motifs is 1. The monoisotopic (exact) mass is 395 g/mol. The van der Waals surface area contributed by atoms with E-state index in [1.165, 1.54) is 6.33 Å². The first-order valence-electron chi connectivity index (χ1n) is 8.79. The summed E-state index contributed by atoms with van der Waals surface area (Å²) in [5.74, 6) is 1.77. The molecule has 0 aliphatic heterocycles. The maximum Gasteiger partial charge on any atom is 0.256 e. The molecule has 144 valence electrons. The summed E-state index contributed by atoms with van der Waals surface area (Å²) in [6.07, 6.45) is 4.95. The normalized spacial score (nSPS) is 10.1. The highest BCUT2D eigenvalue weighted by Gasteiger charge is 2.10. The van der Waals surface area contributed by atoms with Crippen molar-refractivity contribution in [1.82, 2.24) is 19.9 Å². The van der Waals surface area contributed by atoms with Crippen LogP contribution in [0.15, 0.2) is 49.1 Å². The Morgan fingerprint density at radius 3 is 2.54 bits per heavy atom. The minimum Gasteiger partial charge on any atom is -0.491 e. The topological polar surface area (TPSA) is 82.0 Å². The lowest BCUT2D eigenvalue weighted by molar-refractivity contribution is 0.343. The summed E-state index contributed by atoms with van der Waals surface area (Å²) in [7, 11) is 3.17. The van der Waals surface area contributed by atoms with E-state index in [1.807, 2.05) is 32.0 Å². The summed E-state index contributed by atoms with van der Waals surface area (Å²) in [6.45, 7) is 4.00. The molecule has 0 bridgehead atoms. The summed E-state index contributed by atoms with van der Waals surface area (Å²) in [4.78, 5) is 17.0. The molecule has 0 atom stereocenters. The molecule has 0 aliphatic rings. The van der Waals surface area contributed by atoms with Gasteiger partial charge in [-0.1, -0.05) is 31.3 Å². The maximum atomic E-state index is 5.34. The van der Waals surface area contributed by atoms with E-state index in [9.17, 15) is 0 Å². The number of hydrogen-bond acceptors (Lipinski definition) is 8. The molecule has 0 saturated heterocycles. The summed E-state index contributed by atoms with van der Waals surface area (Å²) >= 11 is 1.56. The van der Waals surface area contributed by atoms with Crippen molar-refractivity contribution in [1.29, 1.82) is 0 Å². The van der Waals surface area contributed by atoms with Crippen LogP contribution in [0.2, 0.25) is 0 Å². The summed E-state index contributed by atoms with van der Waals surface area (Å²) in [5.41, 5.74) is 2.90. The molecule has 1 N–H and O–H groups in total. The van der Waals surface area contributed by atoms with Crippen LogP contribution in [0, 0.1) is 0 Å². The van der Waals surface area contributed by atoms with Gasteiger partial charge in [-0.25, -0.2) is 19.9 Å². The van der Waals surface area contributed by atoms with Gasteiger partial charge in [-0.3, -0.25) is 0 Å². The standard InChI is InChI=1S/C18H15N5O2S.C2H6/c1-24-14-7-12(9-20-17(14)25-2)11-3-4-13-15(8-11)26-18(22-13)23-16-5-6-19-10-21-16;1-2/h3-10H,1-2H3,(H,19,21,22,23);1-2H3. The van der Waals surface area contributed by atoms with Crippen molar-refractivity contribution >= 4 is 32.5 Å². The van der Waals surface area contributed by atoms with E-state index < -0.39 is 0 Å². The SMILES string of the molecule is CC.COc1cc(-c2ccc3nc(Nc4ccncn4)sc3c2)cnc1OC. The first kappa shape index (κ1) is 19.5. The zero-order valence-electron chi connectivity index (χ0n) is 16.1. The number of thiazole rings is 1. The minimum absolute atomic E-state index is 0.464. The van der Waals surface area contributed by atoms with Crippen LogP contribution in [-0.2, 0) is 0 Å². The van der Waals surface area contributed by atoms with Crippen molar-refractivity contribution in [2.24, 2.45) is 0 Å². The van der Waals surface area contributed by atoms with Gasteiger partial charge in [0.15, 0.2) is 10.9 Å². The highest BCUT2D eigenvalue weighted by Crippen LogP contribution is 2.34. The molecular weight excluding hydrogens is 374 g/mol. The first-order valence-corrected chi connectivity index (χ1v) is 9.60. The van der Waals surface area contributed by atoms with Crippen molar-refractivity contribution in [2.75, 3.05) is 19.5 Å². The highest BCUT2D eigenvalue weighted by molar-refractivity contribution is 7.22. The van der Waals surface area contributed by atoms with Gasteiger partial charge < -0.3 is 14.8 Å². The van der Waals surface area contributed by atoms with Gasteiger partial charge >= 0.3 is 0 Å². The Bertz CT molecular complexity index is 1050. The fraction of sp³-hybridized carbons (Fsp3) is 0.200. The average molecular weight is 395 g/mol. The third-order valence-electron chi connectivity index (χ3n) is 3.77. The average Bonchev–Trinajstić information content (AvgIpc) is 3.16. The van der Waals surface area contributed by atoms with Crippen molar-refractivity contribution in [3.63, 3.8) is 0 Å². The smallest absolute Gasteiger partial charge is 0.256 e. The predicted octanol–water partition coefficient (Wildman–Crippen LogP) is 4.94. The molecule has 4 aromatic rings. The lowest BCUT2D eigenvalue weighted by atomic mass is 10.1. The molecule has 1 aromatic carbocycles. The van der Waals surface area contributed by atoms with Gasteiger partial charge in [0, 0.05) is 18.0 Å². The largest absolute Gasteiger partial charge is 0.491 e. The molecule has 3 heterocycles. The molecule has 0 aliphatic carbocycles. The number of nitrogens with zero attached hydrogens (tertiary/aromatic N) is 4. The molecule has 3 aromatic heterocycles. The van der Waals surface area contributed by atoms with Crippen molar-refractivity contribution in [3.8, 4) is 22.8 Å². The fourth-order valence-corrected chi connectivity index (χ4v) is 3.43. The van der Waals surface area contributed by atoms with Crippen molar-refractivity contribution in [2.45, 2.75) is 13.8 Å². The molecule has 0 radical (unpaired) electrons. The third kappa shape index (κ3) is 4.17. The quantitative estimate of drug-likeness (QED) is 0.513. The van der Waals surface area contributed by atoms with E-state index in [2.05, 4.69) is 31.3 Å². The van der Waals surface area contributed by atoms with Crippen molar-refractivity contribution < 1.29 is 9.47 Å². The molecule has 4 rings (SSSR count). The summed E-state index contributed by atoms with van der Waals surface area (Å²) in [6, 6.07) is 9.80. The van der Waals surface area contributed by atoms with Crippen LogP contribution in [0.25, 0.3) is 21.3 Å². The number of methoxy groups -OCH3 is 2. The van der Waals surface area contributed by atoms with E-state index in [1.54, 1.807) is 44.0 Å². The zero-order valence-corrected chi connectivity index (χ0v) is 16.9. The number of anilines is 2. The first-order chi connectivity index (χ1) is 13.8. The highest BCUT2D eigenvalue weighted by atomic mass is 32.1. The number of nitrogens with one attached hydrogen (secondary N) is 1. The van der Waals surface area contributed by atoms with Crippen LogP contribution in [0.3, 0.4) is 0 Å². The Balaban J connectivity index is 0.00000109. The number of hydrogen-bond donors (Lipinski definition) is 1. The molecule has 0 saturated carbocycles. The lowest BCUT2D eigenvalue weighted by Gasteiger charge is -2.08. The van der Waals surface area contributed by atoms with E-state index in [0.29, 0.717) is 17.4 Å². The Hall–Kier alpha value is -3.26. The van der Waals surface area contributed by atoms with Gasteiger partial charge in [0.25, 0.3) is 5.88 Å². The van der Waals surface area contributed by atoms with Crippen LogP contribution < -0.4 is 14.8 Å². The van der Waals surface area contributed by atoms with Gasteiger partial charge in [0.1, 0.15) is 12.1 Å². The predicted molar refractivity (Wildman–Crippen MR) is 113 cm³/mol. The second-order valence-corrected chi connectivity index (χ2v) is 6.39. The van der Waals surface area contributed by atoms with E-state index in [0.717, 1.165) is 26.5 Å². The third-order valence-corrected chi connectivity index (χ3v) is 4.70. The molecule has 8 heteroatoms. The second-order valence-electron chi connectivity index (χ2n) is 5.36. The number of benzene rings is 1. The van der Waals surface area contributed by atoms with Crippen molar-refractivity contribution in [3.05, 3.63) is 49.1 Å². The minimum atomic E-state index is 0.464. The number of rotatable bonds is 5. The molecule has 7 nitrogen and oxygen atoms in total. The maximum absolute atomic E-state index is 5.34. The zero-order chi connectivity index (χ0) is 19.9. The lowest BCUT2D eigenvalue weighted by Crippen LogP contribution is -1.93. The molecular formula is C20H21N5O2S. The van der Waals surface area contributed by atoms with Gasteiger partial charge in [-0.15, -0.1) is 0 Å². The van der Waals surface area contributed by atoms with Crippen LogP contribution in [0.5, 0.6) is 11.6 Å². The van der Waals surface area contributed by atoms with Crippen LogP contribution >= 0.6 is 11.3 Å². The molecule has 28 heavy (non-hydrogen) atoms. The van der Waals surface area contributed by atoms with Crippen LogP contribution in [0.4, 0.5) is 10.9 Å².